The Kier molecular flexibility index (Phi) is 8.14. The zero-order chi connectivity index (χ0) is 11.0. The van der Waals surface area contributed by atoms with E-state index in [1.165, 1.54) is 6.42 Å². The molecule has 0 aromatic heterocycles. The Balaban J connectivity index is 3.60. The standard InChI is InChI=1S/C11H26N2O/c1-5-7-13(4)8-6-11(9-14)12-10(2)3/h10-12,14H,5-9H2,1-4H3. The van der Waals surface area contributed by atoms with E-state index in [2.05, 4.69) is 38.0 Å². The number of hydrogen-bond donors (Lipinski definition) is 2. The molecule has 0 aromatic rings. The van der Waals surface area contributed by atoms with Crippen LogP contribution in [0.3, 0.4) is 0 Å². The van der Waals surface area contributed by atoms with Crippen molar-refractivity contribution in [1.29, 1.82) is 0 Å². The predicted octanol–water partition coefficient (Wildman–Crippen LogP) is 1.08. The van der Waals surface area contributed by atoms with E-state index in [9.17, 15) is 0 Å². The molecule has 0 spiro atoms. The maximum absolute atomic E-state index is 9.14. The number of nitrogens with one attached hydrogen (secondary N) is 1. The number of nitrogens with zero attached hydrogens (tertiary/aromatic N) is 1. The minimum atomic E-state index is 0.234. The van der Waals surface area contributed by atoms with E-state index in [-0.39, 0.29) is 12.6 Å². The van der Waals surface area contributed by atoms with Crippen molar-refractivity contribution in [3.63, 3.8) is 0 Å². The lowest BCUT2D eigenvalue weighted by Crippen LogP contribution is -2.39. The summed E-state index contributed by atoms with van der Waals surface area (Å²) in [5.41, 5.74) is 0. The van der Waals surface area contributed by atoms with E-state index < -0.39 is 0 Å². The normalized spacial score (nSPS) is 13.9. The summed E-state index contributed by atoms with van der Waals surface area (Å²) in [6.45, 7) is 8.83. The highest BCUT2D eigenvalue weighted by atomic mass is 16.3. The van der Waals surface area contributed by atoms with Crippen LogP contribution in [0.25, 0.3) is 0 Å². The van der Waals surface area contributed by atoms with Gasteiger partial charge >= 0.3 is 0 Å². The van der Waals surface area contributed by atoms with Crippen LogP contribution in [0.2, 0.25) is 0 Å². The van der Waals surface area contributed by atoms with Gasteiger partial charge in [0.05, 0.1) is 6.61 Å². The van der Waals surface area contributed by atoms with Crippen molar-refractivity contribution in [3.8, 4) is 0 Å². The molecule has 0 amide bonds. The van der Waals surface area contributed by atoms with Gasteiger partial charge in [0, 0.05) is 12.1 Å². The Hall–Kier alpha value is -0.120. The molecule has 0 aromatic carbocycles. The van der Waals surface area contributed by atoms with E-state index in [4.69, 9.17) is 5.11 Å². The first-order valence-corrected chi connectivity index (χ1v) is 5.65. The van der Waals surface area contributed by atoms with Crippen LogP contribution in [-0.2, 0) is 0 Å². The summed E-state index contributed by atoms with van der Waals surface area (Å²) in [7, 11) is 2.13. The van der Waals surface area contributed by atoms with Gasteiger partial charge in [-0.1, -0.05) is 20.8 Å². The number of hydrogen-bond acceptors (Lipinski definition) is 3. The summed E-state index contributed by atoms with van der Waals surface area (Å²) in [5.74, 6) is 0. The Bertz CT molecular complexity index is 128. The molecule has 0 radical (unpaired) electrons. The Morgan fingerprint density at radius 1 is 1.29 bits per heavy atom. The summed E-state index contributed by atoms with van der Waals surface area (Å²) < 4.78 is 0. The molecule has 1 atom stereocenters. The Morgan fingerprint density at radius 3 is 2.36 bits per heavy atom. The Morgan fingerprint density at radius 2 is 1.93 bits per heavy atom. The van der Waals surface area contributed by atoms with Crippen LogP contribution in [0.15, 0.2) is 0 Å². The van der Waals surface area contributed by atoms with Crippen LogP contribution < -0.4 is 5.32 Å². The van der Waals surface area contributed by atoms with Gasteiger partial charge in [-0.05, 0) is 33.0 Å². The molecule has 0 heterocycles. The SMILES string of the molecule is CCCN(C)CCC(CO)NC(C)C. The third-order valence-corrected chi connectivity index (χ3v) is 2.25. The molecule has 0 rings (SSSR count). The summed E-state index contributed by atoms with van der Waals surface area (Å²) in [6.07, 6.45) is 2.21. The van der Waals surface area contributed by atoms with Gasteiger partial charge in [0.15, 0.2) is 0 Å². The lowest BCUT2D eigenvalue weighted by atomic mass is 10.2. The van der Waals surface area contributed by atoms with Gasteiger partial charge in [-0.3, -0.25) is 0 Å². The first-order valence-electron chi connectivity index (χ1n) is 5.65. The molecule has 0 bridgehead atoms. The second-order valence-electron chi connectivity index (χ2n) is 4.29. The highest BCUT2D eigenvalue weighted by Crippen LogP contribution is 1.97. The van der Waals surface area contributed by atoms with E-state index >= 15 is 0 Å². The summed E-state index contributed by atoms with van der Waals surface area (Å²) >= 11 is 0. The topological polar surface area (TPSA) is 35.5 Å². The highest BCUT2D eigenvalue weighted by molar-refractivity contribution is 4.69. The van der Waals surface area contributed by atoms with Gasteiger partial charge in [-0.15, -0.1) is 0 Å². The smallest absolute Gasteiger partial charge is 0.0585 e. The average molecular weight is 202 g/mol. The first kappa shape index (κ1) is 13.9. The van der Waals surface area contributed by atoms with Gasteiger partial charge in [-0.25, -0.2) is 0 Å². The van der Waals surface area contributed by atoms with Crippen LogP contribution in [0.5, 0.6) is 0 Å². The number of aliphatic hydroxyl groups excluding tert-OH is 1. The Labute approximate surface area is 88.5 Å². The lowest BCUT2D eigenvalue weighted by Gasteiger charge is -2.22. The van der Waals surface area contributed by atoms with E-state index in [1.807, 2.05) is 0 Å². The molecule has 2 N–H and O–H groups in total. The third kappa shape index (κ3) is 7.30. The third-order valence-electron chi connectivity index (χ3n) is 2.25. The van der Waals surface area contributed by atoms with Crippen molar-refractivity contribution in [2.24, 2.45) is 0 Å². The lowest BCUT2D eigenvalue weighted by molar-refractivity contribution is 0.211. The second-order valence-corrected chi connectivity index (χ2v) is 4.29. The molecular weight excluding hydrogens is 176 g/mol. The predicted molar refractivity (Wildman–Crippen MR) is 61.6 cm³/mol. The first-order chi connectivity index (χ1) is 6.60. The van der Waals surface area contributed by atoms with Gasteiger partial charge < -0.3 is 15.3 Å². The van der Waals surface area contributed by atoms with Crippen molar-refractivity contribution >= 4 is 0 Å². The van der Waals surface area contributed by atoms with Crippen LogP contribution in [0.1, 0.15) is 33.6 Å². The van der Waals surface area contributed by atoms with E-state index in [1.54, 1.807) is 0 Å². The largest absolute Gasteiger partial charge is 0.395 e. The summed E-state index contributed by atoms with van der Waals surface area (Å²) in [5, 5.41) is 12.5. The van der Waals surface area contributed by atoms with Gasteiger partial charge in [0.25, 0.3) is 0 Å². The van der Waals surface area contributed by atoms with Gasteiger partial charge in [0.2, 0.25) is 0 Å². The minimum Gasteiger partial charge on any atom is -0.395 e. The quantitative estimate of drug-likeness (QED) is 0.618. The molecule has 14 heavy (non-hydrogen) atoms. The van der Waals surface area contributed by atoms with Crippen molar-refractivity contribution in [1.82, 2.24) is 10.2 Å². The second kappa shape index (κ2) is 8.21. The number of rotatable bonds is 8. The maximum atomic E-state index is 9.14. The fourth-order valence-corrected chi connectivity index (χ4v) is 1.57. The molecule has 3 nitrogen and oxygen atoms in total. The highest BCUT2D eigenvalue weighted by Gasteiger charge is 2.09. The van der Waals surface area contributed by atoms with Gasteiger partial charge in [-0.2, -0.15) is 0 Å². The van der Waals surface area contributed by atoms with Crippen LogP contribution in [-0.4, -0.2) is 48.8 Å². The fourth-order valence-electron chi connectivity index (χ4n) is 1.57. The molecule has 0 aliphatic heterocycles. The fraction of sp³-hybridized carbons (Fsp3) is 1.00. The van der Waals surface area contributed by atoms with E-state index in [0.29, 0.717) is 6.04 Å². The van der Waals surface area contributed by atoms with Crippen molar-refractivity contribution in [2.45, 2.75) is 45.7 Å². The molecule has 0 saturated heterocycles. The minimum absolute atomic E-state index is 0.234. The summed E-state index contributed by atoms with van der Waals surface area (Å²) in [6, 6.07) is 0.693. The van der Waals surface area contributed by atoms with E-state index in [0.717, 1.165) is 19.5 Å². The zero-order valence-corrected chi connectivity index (χ0v) is 10.1. The van der Waals surface area contributed by atoms with Crippen LogP contribution in [0.4, 0.5) is 0 Å². The molecule has 86 valence electrons. The molecule has 0 saturated carbocycles. The number of aliphatic hydroxyl groups is 1. The summed E-state index contributed by atoms with van der Waals surface area (Å²) in [4.78, 5) is 2.31. The van der Waals surface area contributed by atoms with Crippen LogP contribution in [0, 0.1) is 0 Å². The monoisotopic (exact) mass is 202 g/mol. The zero-order valence-electron chi connectivity index (χ0n) is 10.1. The van der Waals surface area contributed by atoms with Gasteiger partial charge in [0.1, 0.15) is 0 Å². The van der Waals surface area contributed by atoms with Crippen molar-refractivity contribution < 1.29 is 5.11 Å². The molecule has 0 aliphatic rings. The van der Waals surface area contributed by atoms with Crippen molar-refractivity contribution in [3.05, 3.63) is 0 Å². The molecule has 3 heteroatoms. The molecule has 0 aliphatic carbocycles. The molecule has 1 unspecified atom stereocenters. The molecule has 0 fully saturated rings. The maximum Gasteiger partial charge on any atom is 0.0585 e. The van der Waals surface area contributed by atoms with Crippen molar-refractivity contribution in [2.75, 3.05) is 26.7 Å². The molecular formula is C11H26N2O. The van der Waals surface area contributed by atoms with Crippen LogP contribution >= 0.6 is 0 Å². The average Bonchev–Trinajstić information content (AvgIpc) is 2.12.